The Labute approximate surface area is 124 Å². The van der Waals surface area contributed by atoms with Crippen molar-refractivity contribution in [2.75, 3.05) is 19.0 Å². The molecule has 0 aliphatic heterocycles. The van der Waals surface area contributed by atoms with E-state index in [-0.39, 0.29) is 11.8 Å². The highest BCUT2D eigenvalue weighted by Gasteiger charge is 2.04. The molecule has 0 aliphatic carbocycles. The number of hydrogen-bond acceptors (Lipinski definition) is 4. The smallest absolute Gasteiger partial charge is 0.305 e. The number of carbonyl (C=O) groups excluding carboxylic acids is 2. The first-order chi connectivity index (χ1) is 9.52. The summed E-state index contributed by atoms with van der Waals surface area (Å²) in [7, 11) is 1.40. The van der Waals surface area contributed by atoms with Gasteiger partial charge in [0.1, 0.15) is 0 Å². The third-order valence-electron chi connectivity index (χ3n) is 2.92. The van der Waals surface area contributed by atoms with Crippen molar-refractivity contribution >= 4 is 29.0 Å². The van der Waals surface area contributed by atoms with Crippen molar-refractivity contribution in [1.29, 1.82) is 0 Å². The number of halogens is 1. The number of carbonyl (C=O) groups is 2. The van der Waals surface area contributed by atoms with Crippen LogP contribution in [-0.4, -0.2) is 25.4 Å². The quantitative estimate of drug-likeness (QED) is 0.452. The number of esters is 1. The van der Waals surface area contributed by atoms with Gasteiger partial charge in [0.15, 0.2) is 5.78 Å². The van der Waals surface area contributed by atoms with Gasteiger partial charge in [0.2, 0.25) is 0 Å². The van der Waals surface area contributed by atoms with Gasteiger partial charge in [-0.3, -0.25) is 9.59 Å². The van der Waals surface area contributed by atoms with Gasteiger partial charge in [0, 0.05) is 29.2 Å². The fourth-order valence-electron chi connectivity index (χ4n) is 1.80. The van der Waals surface area contributed by atoms with Crippen molar-refractivity contribution < 1.29 is 14.3 Å². The summed E-state index contributed by atoms with van der Waals surface area (Å²) in [6.07, 6.45) is 3.17. The number of methoxy groups -OCH3 is 1. The predicted molar refractivity (Wildman–Crippen MR) is 80.4 cm³/mol. The third-order valence-corrected chi connectivity index (χ3v) is 3.14. The molecule has 0 radical (unpaired) electrons. The molecule has 0 aliphatic rings. The van der Waals surface area contributed by atoms with Crippen LogP contribution in [0.3, 0.4) is 0 Å². The van der Waals surface area contributed by atoms with Gasteiger partial charge in [-0.15, -0.1) is 0 Å². The summed E-state index contributed by atoms with van der Waals surface area (Å²) in [5.41, 5.74) is 1.45. The Morgan fingerprint density at radius 1 is 1.20 bits per heavy atom. The maximum atomic E-state index is 11.3. The summed E-state index contributed by atoms with van der Waals surface area (Å²) >= 11 is 5.96. The van der Waals surface area contributed by atoms with E-state index in [1.54, 1.807) is 18.2 Å². The van der Waals surface area contributed by atoms with Crippen LogP contribution < -0.4 is 5.32 Å². The fraction of sp³-hybridized carbons (Fsp3) is 0.467. The van der Waals surface area contributed by atoms with Gasteiger partial charge in [0.25, 0.3) is 0 Å². The molecule has 0 heterocycles. The lowest BCUT2D eigenvalue weighted by Gasteiger charge is -2.08. The second kappa shape index (κ2) is 8.59. The average molecular weight is 298 g/mol. The van der Waals surface area contributed by atoms with E-state index >= 15 is 0 Å². The van der Waals surface area contributed by atoms with Crippen LogP contribution in [-0.2, 0) is 9.53 Å². The first-order valence-corrected chi connectivity index (χ1v) is 7.03. The van der Waals surface area contributed by atoms with Crippen LogP contribution in [0.1, 0.15) is 43.0 Å². The van der Waals surface area contributed by atoms with Crippen molar-refractivity contribution in [2.24, 2.45) is 0 Å². The molecular formula is C15H20ClNO3. The number of ether oxygens (including phenoxy) is 1. The number of benzene rings is 1. The Hall–Kier alpha value is -1.55. The Balaban J connectivity index is 2.32. The second-order valence-corrected chi connectivity index (χ2v) is 5.03. The highest BCUT2D eigenvalue weighted by molar-refractivity contribution is 6.31. The second-order valence-electron chi connectivity index (χ2n) is 4.60. The van der Waals surface area contributed by atoms with Crippen molar-refractivity contribution in [3.8, 4) is 0 Å². The van der Waals surface area contributed by atoms with Crippen molar-refractivity contribution in [2.45, 2.75) is 32.6 Å². The van der Waals surface area contributed by atoms with Crippen molar-refractivity contribution in [3.63, 3.8) is 0 Å². The molecule has 20 heavy (non-hydrogen) atoms. The van der Waals surface area contributed by atoms with E-state index in [1.807, 2.05) is 0 Å². The zero-order valence-corrected chi connectivity index (χ0v) is 12.6. The number of Topliss-reactive ketones (excluding diaryl/α,β-unsaturated/α-hetero) is 1. The van der Waals surface area contributed by atoms with Crippen LogP contribution in [0.15, 0.2) is 18.2 Å². The van der Waals surface area contributed by atoms with Gasteiger partial charge in [-0.25, -0.2) is 0 Å². The van der Waals surface area contributed by atoms with Gasteiger partial charge in [-0.2, -0.15) is 0 Å². The molecule has 5 heteroatoms. The van der Waals surface area contributed by atoms with E-state index < -0.39 is 0 Å². The number of hydrogen-bond donors (Lipinski definition) is 1. The SMILES string of the molecule is COC(=O)CCCCCNc1cc(Cl)cc(C(C)=O)c1. The molecule has 0 saturated heterocycles. The van der Waals surface area contributed by atoms with Gasteiger partial charge >= 0.3 is 5.97 Å². The normalized spacial score (nSPS) is 10.2. The van der Waals surface area contributed by atoms with Gasteiger partial charge < -0.3 is 10.1 Å². The molecule has 1 N–H and O–H groups in total. The molecule has 0 unspecified atom stereocenters. The molecule has 1 aromatic rings. The summed E-state index contributed by atoms with van der Waals surface area (Å²) in [5, 5.41) is 3.78. The molecule has 1 aromatic carbocycles. The van der Waals surface area contributed by atoms with Gasteiger partial charge in [-0.1, -0.05) is 18.0 Å². The monoisotopic (exact) mass is 297 g/mol. The number of ketones is 1. The Morgan fingerprint density at radius 3 is 2.60 bits per heavy atom. The fourth-order valence-corrected chi connectivity index (χ4v) is 2.04. The molecule has 0 atom stereocenters. The largest absolute Gasteiger partial charge is 0.469 e. The molecule has 1 rings (SSSR count). The molecule has 0 saturated carbocycles. The van der Waals surface area contributed by atoms with E-state index in [9.17, 15) is 9.59 Å². The molecular weight excluding hydrogens is 278 g/mol. The third kappa shape index (κ3) is 6.06. The molecule has 0 amide bonds. The van der Waals surface area contributed by atoms with E-state index in [2.05, 4.69) is 10.1 Å². The lowest BCUT2D eigenvalue weighted by atomic mass is 10.1. The minimum absolute atomic E-state index is 0.00590. The minimum atomic E-state index is -0.168. The highest BCUT2D eigenvalue weighted by atomic mass is 35.5. The first kappa shape index (κ1) is 16.5. The van der Waals surface area contributed by atoms with Crippen LogP contribution in [0.5, 0.6) is 0 Å². The standard InChI is InChI=1S/C15H20ClNO3/c1-11(18)12-8-13(16)10-14(9-12)17-7-5-3-4-6-15(19)20-2/h8-10,17H,3-7H2,1-2H3. The van der Waals surface area contributed by atoms with Crippen LogP contribution in [0, 0.1) is 0 Å². The maximum absolute atomic E-state index is 11.3. The summed E-state index contributed by atoms with van der Waals surface area (Å²) in [5.74, 6) is -0.174. The van der Waals surface area contributed by atoms with Crippen LogP contribution >= 0.6 is 11.6 Å². The summed E-state index contributed by atoms with van der Waals surface area (Å²) in [6.45, 7) is 2.29. The molecule has 0 fully saturated rings. The minimum Gasteiger partial charge on any atom is -0.469 e. The first-order valence-electron chi connectivity index (χ1n) is 6.65. The van der Waals surface area contributed by atoms with E-state index in [0.29, 0.717) is 17.0 Å². The molecule has 0 bridgehead atoms. The lowest BCUT2D eigenvalue weighted by molar-refractivity contribution is -0.140. The Kier molecular flexibility index (Phi) is 7.09. The lowest BCUT2D eigenvalue weighted by Crippen LogP contribution is -2.04. The topological polar surface area (TPSA) is 55.4 Å². The highest BCUT2D eigenvalue weighted by Crippen LogP contribution is 2.19. The Bertz CT molecular complexity index is 474. The van der Waals surface area contributed by atoms with Crippen LogP contribution in [0.25, 0.3) is 0 Å². The van der Waals surface area contributed by atoms with Crippen LogP contribution in [0.2, 0.25) is 5.02 Å². The number of rotatable bonds is 8. The Morgan fingerprint density at radius 2 is 1.95 bits per heavy atom. The summed E-state index contributed by atoms with van der Waals surface area (Å²) in [4.78, 5) is 22.2. The van der Waals surface area contributed by atoms with Gasteiger partial charge in [-0.05, 0) is 38.0 Å². The average Bonchev–Trinajstić information content (AvgIpc) is 2.41. The van der Waals surface area contributed by atoms with Crippen molar-refractivity contribution in [3.05, 3.63) is 28.8 Å². The van der Waals surface area contributed by atoms with E-state index in [1.165, 1.54) is 14.0 Å². The number of unbranched alkanes of at least 4 members (excludes halogenated alkanes) is 2. The molecule has 4 nitrogen and oxygen atoms in total. The summed E-state index contributed by atoms with van der Waals surface area (Å²) < 4.78 is 4.57. The molecule has 0 aromatic heterocycles. The number of nitrogens with one attached hydrogen (secondary N) is 1. The number of anilines is 1. The predicted octanol–water partition coefficient (Wildman–Crippen LogP) is 3.69. The zero-order chi connectivity index (χ0) is 15.0. The summed E-state index contributed by atoms with van der Waals surface area (Å²) in [6, 6.07) is 5.25. The molecule has 0 spiro atoms. The van der Waals surface area contributed by atoms with Crippen LogP contribution in [0.4, 0.5) is 5.69 Å². The van der Waals surface area contributed by atoms with E-state index in [0.717, 1.165) is 31.5 Å². The maximum Gasteiger partial charge on any atom is 0.305 e. The van der Waals surface area contributed by atoms with Gasteiger partial charge in [0.05, 0.1) is 7.11 Å². The zero-order valence-electron chi connectivity index (χ0n) is 11.9. The van der Waals surface area contributed by atoms with E-state index in [4.69, 9.17) is 11.6 Å². The van der Waals surface area contributed by atoms with Crippen molar-refractivity contribution in [1.82, 2.24) is 0 Å². The molecule has 110 valence electrons.